The van der Waals surface area contributed by atoms with Crippen LogP contribution < -0.4 is 4.72 Å². The number of anilines is 1. The van der Waals surface area contributed by atoms with Crippen LogP contribution in [0, 0.1) is 17.0 Å². The molecule has 0 saturated carbocycles. The second-order valence-corrected chi connectivity index (χ2v) is 9.03. The van der Waals surface area contributed by atoms with Crippen molar-refractivity contribution in [2.75, 3.05) is 4.72 Å². The number of aromatic nitrogens is 2. The minimum Gasteiger partial charge on any atom is -0.309 e. The number of fused-ring (bicyclic) bond motifs is 1. The van der Waals surface area contributed by atoms with E-state index in [0.717, 1.165) is 16.6 Å². The Kier molecular flexibility index (Phi) is 5.93. The fourth-order valence-corrected chi connectivity index (χ4v) is 4.47. The largest absolute Gasteiger partial charge is 0.309 e. The predicted octanol–water partition coefficient (Wildman–Crippen LogP) is 4.82. The van der Waals surface area contributed by atoms with Crippen LogP contribution in [0.5, 0.6) is 0 Å². The zero-order valence-corrected chi connectivity index (χ0v) is 18.8. The van der Waals surface area contributed by atoms with Crippen LogP contribution >= 0.6 is 0 Å². The number of imidazole rings is 1. The lowest BCUT2D eigenvalue weighted by Crippen LogP contribution is -2.14. The van der Waals surface area contributed by atoms with Gasteiger partial charge < -0.3 is 4.57 Å². The van der Waals surface area contributed by atoms with Gasteiger partial charge in [0.2, 0.25) is 5.95 Å². The SMILES string of the molecule is CCn1c(/N=C/c2cc([N+](=O)[O-])ccc2NS(=O)(=O)c2ccc(C)cc2)nc2ccccc21. The Morgan fingerprint density at radius 1 is 1.12 bits per heavy atom. The van der Waals surface area contributed by atoms with Crippen molar-refractivity contribution >= 4 is 44.6 Å². The summed E-state index contributed by atoms with van der Waals surface area (Å²) in [4.78, 5) is 19.8. The molecule has 0 bridgehead atoms. The minimum atomic E-state index is -3.90. The molecule has 0 saturated heterocycles. The minimum absolute atomic E-state index is 0.0853. The van der Waals surface area contributed by atoms with E-state index in [9.17, 15) is 18.5 Å². The highest BCUT2D eigenvalue weighted by Gasteiger charge is 2.18. The molecule has 1 N–H and O–H groups in total. The number of nitro groups is 1. The van der Waals surface area contributed by atoms with Crippen molar-refractivity contribution in [1.82, 2.24) is 9.55 Å². The summed E-state index contributed by atoms with van der Waals surface area (Å²) in [7, 11) is -3.90. The van der Waals surface area contributed by atoms with E-state index in [0.29, 0.717) is 12.5 Å². The molecule has 0 aliphatic carbocycles. The van der Waals surface area contributed by atoms with Crippen molar-refractivity contribution in [3.8, 4) is 0 Å². The Balaban J connectivity index is 1.75. The van der Waals surface area contributed by atoms with E-state index in [2.05, 4.69) is 14.7 Å². The third-order valence-corrected chi connectivity index (χ3v) is 6.47. The van der Waals surface area contributed by atoms with Gasteiger partial charge in [-0.3, -0.25) is 14.8 Å². The highest BCUT2D eigenvalue weighted by molar-refractivity contribution is 7.92. The third kappa shape index (κ3) is 4.60. The Morgan fingerprint density at radius 3 is 2.55 bits per heavy atom. The molecule has 0 atom stereocenters. The maximum Gasteiger partial charge on any atom is 0.270 e. The average molecular weight is 464 g/mol. The van der Waals surface area contributed by atoms with E-state index in [1.807, 2.05) is 42.7 Å². The number of nitro benzene ring substituents is 1. The van der Waals surface area contributed by atoms with Gasteiger partial charge in [-0.15, -0.1) is 0 Å². The molecule has 3 aromatic carbocycles. The number of non-ortho nitro benzene ring substituents is 1. The van der Waals surface area contributed by atoms with Crippen LogP contribution in [0.1, 0.15) is 18.1 Å². The van der Waals surface area contributed by atoms with Crippen LogP contribution in [0.2, 0.25) is 0 Å². The maximum atomic E-state index is 12.9. The molecular weight excluding hydrogens is 442 g/mol. The standard InChI is InChI=1S/C23H21N5O4S/c1-3-27-22-7-5-4-6-21(22)25-23(27)24-15-17-14-18(28(29)30)10-13-20(17)26-33(31,32)19-11-8-16(2)9-12-19/h4-15,26H,3H2,1-2H3/b24-15+. The summed E-state index contributed by atoms with van der Waals surface area (Å²) < 4.78 is 30.2. The van der Waals surface area contributed by atoms with Gasteiger partial charge >= 0.3 is 0 Å². The first kappa shape index (κ1) is 22.2. The first-order valence-electron chi connectivity index (χ1n) is 10.2. The molecule has 1 aromatic heterocycles. The van der Waals surface area contributed by atoms with Gasteiger partial charge in [0.05, 0.1) is 26.5 Å². The van der Waals surface area contributed by atoms with Crippen molar-refractivity contribution in [3.05, 3.63) is 88.0 Å². The molecule has 1 heterocycles. The zero-order valence-electron chi connectivity index (χ0n) is 18.0. The molecule has 0 aliphatic rings. The molecule has 0 amide bonds. The van der Waals surface area contributed by atoms with Crippen molar-refractivity contribution in [3.63, 3.8) is 0 Å². The van der Waals surface area contributed by atoms with Gasteiger partial charge in [0, 0.05) is 30.5 Å². The Hall–Kier alpha value is -4.05. The first-order chi connectivity index (χ1) is 15.8. The molecule has 0 aliphatic heterocycles. The quantitative estimate of drug-likeness (QED) is 0.239. The van der Waals surface area contributed by atoms with Crippen molar-refractivity contribution in [2.45, 2.75) is 25.3 Å². The summed E-state index contributed by atoms with van der Waals surface area (Å²) in [6, 6.07) is 17.8. The number of hydrogen-bond acceptors (Lipinski definition) is 6. The van der Waals surface area contributed by atoms with Gasteiger partial charge in [0.15, 0.2) is 0 Å². The van der Waals surface area contributed by atoms with Crippen LogP contribution in [0.25, 0.3) is 11.0 Å². The van der Waals surface area contributed by atoms with Crippen LogP contribution in [0.15, 0.2) is 76.6 Å². The van der Waals surface area contributed by atoms with E-state index >= 15 is 0 Å². The number of rotatable bonds is 7. The molecule has 10 heteroatoms. The van der Waals surface area contributed by atoms with E-state index in [1.54, 1.807) is 12.1 Å². The molecule has 0 unspecified atom stereocenters. The summed E-state index contributed by atoms with van der Waals surface area (Å²) in [5.41, 5.74) is 2.84. The van der Waals surface area contributed by atoms with Crippen LogP contribution in [0.4, 0.5) is 17.3 Å². The van der Waals surface area contributed by atoms with Crippen LogP contribution in [0.3, 0.4) is 0 Å². The summed E-state index contributed by atoms with van der Waals surface area (Å²) in [5, 5.41) is 11.3. The number of sulfonamides is 1. The van der Waals surface area contributed by atoms with Crippen molar-refractivity contribution in [2.24, 2.45) is 4.99 Å². The number of aryl methyl sites for hydroxylation is 2. The molecular formula is C23H21N5O4S. The smallest absolute Gasteiger partial charge is 0.270 e. The molecule has 9 nitrogen and oxygen atoms in total. The molecule has 0 radical (unpaired) electrons. The van der Waals surface area contributed by atoms with Gasteiger partial charge in [-0.1, -0.05) is 29.8 Å². The van der Waals surface area contributed by atoms with Crippen LogP contribution in [-0.2, 0) is 16.6 Å². The molecule has 168 valence electrons. The molecule has 4 aromatic rings. The van der Waals surface area contributed by atoms with E-state index in [1.165, 1.54) is 36.5 Å². The topological polar surface area (TPSA) is 119 Å². The second kappa shape index (κ2) is 8.83. The van der Waals surface area contributed by atoms with E-state index in [4.69, 9.17) is 0 Å². The van der Waals surface area contributed by atoms with Gasteiger partial charge in [-0.05, 0) is 44.2 Å². The highest BCUT2D eigenvalue weighted by atomic mass is 32.2. The number of nitrogens with one attached hydrogen (secondary N) is 1. The van der Waals surface area contributed by atoms with Gasteiger partial charge in [-0.25, -0.2) is 18.4 Å². The fourth-order valence-electron chi connectivity index (χ4n) is 3.38. The van der Waals surface area contributed by atoms with Gasteiger partial charge in [-0.2, -0.15) is 0 Å². The molecule has 4 rings (SSSR count). The zero-order chi connectivity index (χ0) is 23.6. The van der Waals surface area contributed by atoms with E-state index < -0.39 is 14.9 Å². The number of hydrogen-bond donors (Lipinski definition) is 1. The van der Waals surface area contributed by atoms with Crippen molar-refractivity contribution in [1.29, 1.82) is 0 Å². The van der Waals surface area contributed by atoms with Crippen LogP contribution in [-0.4, -0.2) is 29.1 Å². The third-order valence-electron chi connectivity index (χ3n) is 5.09. The number of benzene rings is 3. The molecule has 0 spiro atoms. The normalized spacial score (nSPS) is 11.8. The molecule has 0 fully saturated rings. The van der Waals surface area contributed by atoms with E-state index in [-0.39, 0.29) is 21.8 Å². The van der Waals surface area contributed by atoms with Gasteiger partial charge in [0.1, 0.15) is 0 Å². The Bertz CT molecular complexity index is 1470. The highest BCUT2D eigenvalue weighted by Crippen LogP contribution is 2.26. The first-order valence-corrected chi connectivity index (χ1v) is 11.6. The number of aliphatic imine (C=N–C) groups is 1. The maximum absolute atomic E-state index is 12.9. The number of nitrogens with zero attached hydrogens (tertiary/aromatic N) is 4. The lowest BCUT2D eigenvalue weighted by atomic mass is 10.2. The second-order valence-electron chi connectivity index (χ2n) is 7.35. The summed E-state index contributed by atoms with van der Waals surface area (Å²) in [5.74, 6) is 0.414. The van der Waals surface area contributed by atoms with Gasteiger partial charge in [0.25, 0.3) is 15.7 Å². The summed E-state index contributed by atoms with van der Waals surface area (Å²) >= 11 is 0. The predicted molar refractivity (Wildman–Crippen MR) is 128 cm³/mol. The molecule has 33 heavy (non-hydrogen) atoms. The fraction of sp³-hybridized carbons (Fsp3) is 0.130. The Labute approximate surface area is 190 Å². The summed E-state index contributed by atoms with van der Waals surface area (Å²) in [6.45, 7) is 4.44. The lowest BCUT2D eigenvalue weighted by molar-refractivity contribution is -0.384. The number of para-hydroxylation sites is 2. The average Bonchev–Trinajstić information content (AvgIpc) is 3.15. The van der Waals surface area contributed by atoms with Crippen molar-refractivity contribution < 1.29 is 13.3 Å². The Morgan fingerprint density at radius 2 is 1.85 bits per heavy atom. The summed E-state index contributed by atoms with van der Waals surface area (Å²) in [6.07, 6.45) is 1.38. The monoisotopic (exact) mass is 463 g/mol. The lowest BCUT2D eigenvalue weighted by Gasteiger charge is -2.11.